The summed E-state index contributed by atoms with van der Waals surface area (Å²) >= 11 is 0. The number of sulfonamides is 1. The molecule has 168 valence electrons. The van der Waals surface area contributed by atoms with Crippen LogP contribution in [0.5, 0.6) is 5.75 Å². The van der Waals surface area contributed by atoms with E-state index in [0.29, 0.717) is 16.9 Å². The van der Waals surface area contributed by atoms with Gasteiger partial charge in [-0.05, 0) is 54.8 Å². The largest absolute Gasteiger partial charge is 0.496 e. The molecule has 1 unspecified atom stereocenters. The summed E-state index contributed by atoms with van der Waals surface area (Å²) in [4.78, 5) is 12.9. The summed E-state index contributed by atoms with van der Waals surface area (Å²) in [6.45, 7) is 1.69. The number of ether oxygens (including phenoxy) is 1. The van der Waals surface area contributed by atoms with Crippen molar-refractivity contribution in [1.29, 1.82) is 0 Å². The van der Waals surface area contributed by atoms with Gasteiger partial charge in [0.2, 0.25) is 15.9 Å². The molecule has 0 heterocycles. The van der Waals surface area contributed by atoms with E-state index in [1.165, 1.54) is 25.3 Å². The number of aryl methyl sites for hydroxylation is 1. The van der Waals surface area contributed by atoms with Crippen LogP contribution in [0.4, 0.5) is 14.5 Å². The third kappa shape index (κ3) is 5.68. The minimum absolute atomic E-state index is 0.00201. The van der Waals surface area contributed by atoms with Gasteiger partial charge >= 0.3 is 0 Å². The van der Waals surface area contributed by atoms with Gasteiger partial charge in [0.05, 0.1) is 17.7 Å². The van der Waals surface area contributed by atoms with Crippen LogP contribution >= 0.6 is 0 Å². The third-order valence-electron chi connectivity index (χ3n) is 4.76. The maximum atomic E-state index is 14.0. The Morgan fingerprint density at radius 1 is 1.03 bits per heavy atom. The molecule has 2 N–H and O–H groups in total. The quantitative estimate of drug-likeness (QED) is 0.536. The molecular weight excluding hydrogens is 438 g/mol. The molecule has 0 spiro atoms. The Morgan fingerprint density at radius 2 is 1.75 bits per heavy atom. The Labute approximate surface area is 185 Å². The molecule has 0 aliphatic rings. The lowest BCUT2D eigenvalue weighted by Gasteiger charge is -2.19. The molecule has 3 aromatic carbocycles. The van der Waals surface area contributed by atoms with Gasteiger partial charge in [0.15, 0.2) is 0 Å². The van der Waals surface area contributed by atoms with Gasteiger partial charge in [0.1, 0.15) is 23.4 Å². The number of hydrogen-bond acceptors (Lipinski definition) is 4. The number of halogens is 2. The lowest BCUT2D eigenvalue weighted by atomic mass is 10.1. The van der Waals surface area contributed by atoms with Crippen molar-refractivity contribution in [3.8, 4) is 5.75 Å². The highest BCUT2D eigenvalue weighted by Gasteiger charge is 2.27. The number of amides is 1. The van der Waals surface area contributed by atoms with E-state index in [4.69, 9.17) is 4.74 Å². The normalized spacial score (nSPS) is 12.2. The average Bonchev–Trinajstić information content (AvgIpc) is 2.76. The lowest BCUT2D eigenvalue weighted by molar-refractivity contribution is -0.117. The van der Waals surface area contributed by atoms with E-state index in [-0.39, 0.29) is 17.0 Å². The van der Waals surface area contributed by atoms with Crippen molar-refractivity contribution in [3.63, 3.8) is 0 Å². The van der Waals surface area contributed by atoms with Crippen LogP contribution in [0.1, 0.15) is 11.1 Å². The predicted molar refractivity (Wildman–Crippen MR) is 117 cm³/mol. The number of nitrogens with one attached hydrogen (secondary N) is 2. The van der Waals surface area contributed by atoms with Crippen LogP contribution in [-0.2, 0) is 21.2 Å². The fraction of sp³-hybridized carbons (Fsp3) is 0.174. The van der Waals surface area contributed by atoms with Crippen LogP contribution < -0.4 is 14.8 Å². The highest BCUT2D eigenvalue weighted by atomic mass is 32.2. The van der Waals surface area contributed by atoms with Gasteiger partial charge in [0, 0.05) is 6.07 Å². The van der Waals surface area contributed by atoms with Crippen molar-refractivity contribution in [2.75, 3.05) is 12.4 Å². The van der Waals surface area contributed by atoms with Crippen LogP contribution in [-0.4, -0.2) is 27.5 Å². The van der Waals surface area contributed by atoms with Gasteiger partial charge < -0.3 is 10.1 Å². The minimum Gasteiger partial charge on any atom is -0.496 e. The monoisotopic (exact) mass is 460 g/mol. The Kier molecular flexibility index (Phi) is 7.22. The van der Waals surface area contributed by atoms with Crippen molar-refractivity contribution >= 4 is 21.6 Å². The van der Waals surface area contributed by atoms with E-state index in [0.717, 1.165) is 18.2 Å². The number of rotatable bonds is 8. The Balaban J connectivity index is 1.90. The van der Waals surface area contributed by atoms with Crippen LogP contribution in [0.3, 0.4) is 0 Å². The molecule has 0 aliphatic carbocycles. The molecule has 0 aliphatic heterocycles. The second kappa shape index (κ2) is 9.88. The molecule has 9 heteroatoms. The third-order valence-corrected chi connectivity index (χ3v) is 6.23. The smallest absolute Gasteiger partial charge is 0.242 e. The molecule has 0 bridgehead atoms. The standard InChI is InChI=1S/C23H22F2N2O4S/c1-15-12-18(9-11-22(15)31-2)32(29,30)27-21(13-16-6-4-3-5-7-16)23(28)26-20-14-17(24)8-10-19(20)25/h3-12,14,21,27H,13H2,1-2H3,(H,26,28). The van der Waals surface area contributed by atoms with Gasteiger partial charge in [-0.15, -0.1) is 0 Å². The van der Waals surface area contributed by atoms with E-state index in [1.54, 1.807) is 37.3 Å². The van der Waals surface area contributed by atoms with Gasteiger partial charge in [-0.1, -0.05) is 30.3 Å². The number of carbonyl (C=O) groups excluding carboxylic acids is 1. The summed E-state index contributed by atoms with van der Waals surface area (Å²) in [6, 6.07) is 14.4. The second-order valence-electron chi connectivity index (χ2n) is 7.11. The number of anilines is 1. The topological polar surface area (TPSA) is 84.5 Å². The number of hydrogen-bond donors (Lipinski definition) is 2. The van der Waals surface area contributed by atoms with E-state index in [2.05, 4.69) is 10.0 Å². The molecule has 0 fully saturated rings. The SMILES string of the molecule is COc1ccc(S(=O)(=O)NC(Cc2ccccc2)C(=O)Nc2cc(F)ccc2F)cc1C. The molecule has 6 nitrogen and oxygen atoms in total. The van der Waals surface area contributed by atoms with Gasteiger partial charge in [0.25, 0.3) is 0 Å². The van der Waals surface area contributed by atoms with Crippen molar-refractivity contribution in [2.24, 2.45) is 0 Å². The molecule has 0 radical (unpaired) electrons. The first-order chi connectivity index (χ1) is 15.2. The first-order valence-corrected chi connectivity index (χ1v) is 11.1. The summed E-state index contributed by atoms with van der Waals surface area (Å²) in [5, 5.41) is 2.27. The van der Waals surface area contributed by atoms with Crippen LogP contribution in [0.25, 0.3) is 0 Å². The Bertz CT molecular complexity index is 1220. The van der Waals surface area contributed by atoms with Crippen LogP contribution in [0.2, 0.25) is 0 Å². The maximum Gasteiger partial charge on any atom is 0.242 e. The predicted octanol–water partition coefficient (Wildman–Crippen LogP) is 3.81. The van der Waals surface area contributed by atoms with Crippen molar-refractivity contribution < 1.29 is 26.7 Å². The molecule has 32 heavy (non-hydrogen) atoms. The van der Waals surface area contributed by atoms with E-state index >= 15 is 0 Å². The molecule has 0 aromatic heterocycles. The van der Waals surface area contributed by atoms with Crippen molar-refractivity contribution in [2.45, 2.75) is 24.3 Å². The lowest BCUT2D eigenvalue weighted by Crippen LogP contribution is -2.45. The zero-order chi connectivity index (χ0) is 23.3. The minimum atomic E-state index is -4.12. The summed E-state index contributed by atoms with van der Waals surface area (Å²) in [5.74, 6) is -1.89. The first-order valence-electron chi connectivity index (χ1n) is 9.66. The average molecular weight is 461 g/mol. The highest BCUT2D eigenvalue weighted by molar-refractivity contribution is 7.89. The van der Waals surface area contributed by atoms with Gasteiger partial charge in [-0.25, -0.2) is 17.2 Å². The van der Waals surface area contributed by atoms with Crippen molar-refractivity contribution in [3.05, 3.63) is 89.5 Å². The van der Waals surface area contributed by atoms with E-state index < -0.39 is 33.6 Å². The fourth-order valence-corrected chi connectivity index (χ4v) is 4.40. The molecular formula is C23H22F2N2O4S. The molecule has 3 aromatic rings. The van der Waals surface area contributed by atoms with Crippen LogP contribution in [0, 0.1) is 18.6 Å². The maximum absolute atomic E-state index is 14.0. The summed E-state index contributed by atoms with van der Waals surface area (Å²) in [5.41, 5.74) is 0.898. The fourth-order valence-electron chi connectivity index (χ4n) is 3.12. The molecule has 3 rings (SSSR count). The summed E-state index contributed by atoms with van der Waals surface area (Å²) in [7, 11) is -2.64. The number of benzene rings is 3. The van der Waals surface area contributed by atoms with Crippen molar-refractivity contribution in [1.82, 2.24) is 4.72 Å². The molecule has 1 atom stereocenters. The summed E-state index contributed by atoms with van der Waals surface area (Å²) < 4.78 is 61.0. The molecule has 1 amide bonds. The molecule has 0 saturated heterocycles. The molecule has 0 saturated carbocycles. The summed E-state index contributed by atoms with van der Waals surface area (Å²) in [6.07, 6.45) is -0.00201. The van der Waals surface area contributed by atoms with Gasteiger partial charge in [-0.3, -0.25) is 4.79 Å². The number of carbonyl (C=O) groups is 1. The second-order valence-corrected chi connectivity index (χ2v) is 8.82. The Morgan fingerprint density at radius 3 is 2.41 bits per heavy atom. The Hall–Kier alpha value is -3.30. The zero-order valence-electron chi connectivity index (χ0n) is 17.4. The van der Waals surface area contributed by atoms with Crippen LogP contribution in [0.15, 0.2) is 71.6 Å². The van der Waals surface area contributed by atoms with E-state index in [1.807, 2.05) is 0 Å². The zero-order valence-corrected chi connectivity index (χ0v) is 18.2. The van der Waals surface area contributed by atoms with Gasteiger partial charge in [-0.2, -0.15) is 4.72 Å². The first kappa shape index (κ1) is 23.4. The highest BCUT2D eigenvalue weighted by Crippen LogP contribution is 2.22. The number of methoxy groups -OCH3 is 1. The van der Waals surface area contributed by atoms with E-state index in [9.17, 15) is 22.0 Å².